The number of aliphatic hydroxyl groups excluding tert-OH is 1. The van der Waals surface area contributed by atoms with Gasteiger partial charge in [0.05, 0.1) is 5.56 Å². The summed E-state index contributed by atoms with van der Waals surface area (Å²) in [6.07, 6.45) is 0.707. The van der Waals surface area contributed by atoms with Crippen LogP contribution in [0.3, 0.4) is 0 Å². The first kappa shape index (κ1) is 17.7. The number of ketones is 1. The van der Waals surface area contributed by atoms with E-state index in [1.807, 2.05) is 39.8 Å². The Balaban J connectivity index is 2.57. The molecule has 4 heteroatoms. The molecule has 21 heavy (non-hydrogen) atoms. The lowest BCUT2D eigenvalue weighted by Crippen LogP contribution is -2.42. The number of hydrogen-bond acceptors (Lipinski definition) is 4. The fourth-order valence-electron chi connectivity index (χ4n) is 1.85. The first-order valence-electron chi connectivity index (χ1n) is 7.51. The molecule has 0 unspecified atom stereocenters. The van der Waals surface area contributed by atoms with Crippen LogP contribution in [0, 0.1) is 0 Å². The lowest BCUT2D eigenvalue weighted by molar-refractivity contribution is 0.0932. The van der Waals surface area contributed by atoms with Crippen molar-refractivity contribution < 1.29 is 14.6 Å². The van der Waals surface area contributed by atoms with Crippen LogP contribution >= 0.6 is 0 Å². The first-order chi connectivity index (χ1) is 9.83. The Morgan fingerprint density at radius 2 is 2.00 bits per heavy atom. The van der Waals surface area contributed by atoms with Gasteiger partial charge in [-0.15, -0.1) is 0 Å². The molecule has 4 nitrogen and oxygen atoms in total. The van der Waals surface area contributed by atoms with Crippen LogP contribution in [0.15, 0.2) is 24.3 Å². The highest BCUT2D eigenvalue weighted by atomic mass is 16.5. The van der Waals surface area contributed by atoms with Crippen molar-refractivity contribution in [1.29, 1.82) is 0 Å². The Morgan fingerprint density at radius 3 is 2.62 bits per heavy atom. The second kappa shape index (κ2) is 8.15. The van der Waals surface area contributed by atoms with Crippen LogP contribution in [-0.2, 0) is 0 Å². The molecule has 0 heterocycles. The highest BCUT2D eigenvalue weighted by Gasteiger charge is 2.15. The maximum atomic E-state index is 12.0. The molecule has 1 aromatic rings. The van der Waals surface area contributed by atoms with Gasteiger partial charge in [-0.3, -0.25) is 4.79 Å². The van der Waals surface area contributed by atoms with E-state index in [0.29, 0.717) is 24.3 Å². The largest absolute Gasteiger partial charge is 0.490 e. The second-order valence-corrected chi connectivity index (χ2v) is 6.27. The Morgan fingerprint density at radius 1 is 1.33 bits per heavy atom. The lowest BCUT2D eigenvalue weighted by Gasteiger charge is -2.23. The van der Waals surface area contributed by atoms with Crippen molar-refractivity contribution in [2.45, 2.75) is 52.2 Å². The van der Waals surface area contributed by atoms with Crippen molar-refractivity contribution in [1.82, 2.24) is 5.32 Å². The minimum absolute atomic E-state index is 0.0457. The smallest absolute Gasteiger partial charge is 0.166 e. The maximum Gasteiger partial charge on any atom is 0.166 e. The normalized spacial score (nSPS) is 13.0. The van der Waals surface area contributed by atoms with E-state index in [4.69, 9.17) is 4.74 Å². The number of nitrogens with one attached hydrogen (secondary N) is 1. The molecule has 0 aliphatic carbocycles. The number of β-amino-alcohol motifs (C(OH)–C–C–N with tert-alkyl or cyclic N) is 1. The molecule has 0 radical (unpaired) electrons. The van der Waals surface area contributed by atoms with E-state index in [1.165, 1.54) is 0 Å². The van der Waals surface area contributed by atoms with Crippen molar-refractivity contribution in [3.63, 3.8) is 0 Å². The number of carbonyl (C=O) groups excluding carboxylic acids is 1. The summed E-state index contributed by atoms with van der Waals surface area (Å²) in [6, 6.07) is 7.20. The van der Waals surface area contributed by atoms with Crippen molar-refractivity contribution in [2.75, 3.05) is 13.2 Å². The quantitative estimate of drug-likeness (QED) is 0.724. The van der Waals surface area contributed by atoms with Gasteiger partial charge in [-0.1, -0.05) is 19.1 Å². The van der Waals surface area contributed by atoms with Gasteiger partial charge in [-0.25, -0.2) is 0 Å². The monoisotopic (exact) mass is 293 g/mol. The molecular weight excluding hydrogens is 266 g/mol. The predicted molar refractivity (Wildman–Crippen MR) is 84.9 cm³/mol. The number of hydrogen-bond donors (Lipinski definition) is 2. The minimum Gasteiger partial charge on any atom is -0.490 e. The van der Waals surface area contributed by atoms with Crippen LogP contribution in [-0.4, -0.2) is 35.7 Å². The minimum atomic E-state index is -0.612. The van der Waals surface area contributed by atoms with Gasteiger partial charge in [0.15, 0.2) is 5.78 Å². The van der Waals surface area contributed by atoms with E-state index in [9.17, 15) is 9.90 Å². The van der Waals surface area contributed by atoms with Crippen LogP contribution in [0.5, 0.6) is 5.75 Å². The zero-order valence-corrected chi connectivity index (χ0v) is 13.5. The summed E-state index contributed by atoms with van der Waals surface area (Å²) in [5.41, 5.74) is 0.547. The average Bonchev–Trinajstić information content (AvgIpc) is 2.42. The average molecular weight is 293 g/mol. The highest BCUT2D eigenvalue weighted by molar-refractivity contribution is 5.98. The van der Waals surface area contributed by atoms with Gasteiger partial charge < -0.3 is 15.2 Å². The molecule has 0 aliphatic heterocycles. The SMILES string of the molecule is CCCC(=O)c1ccccc1OC[C@@H](O)CNC(C)(C)C. The summed E-state index contributed by atoms with van der Waals surface area (Å²) in [5, 5.41) is 13.2. The maximum absolute atomic E-state index is 12.0. The van der Waals surface area contributed by atoms with Gasteiger partial charge in [-0.2, -0.15) is 0 Å². The van der Waals surface area contributed by atoms with Gasteiger partial charge in [0.2, 0.25) is 0 Å². The first-order valence-corrected chi connectivity index (χ1v) is 7.51. The Labute approximate surface area is 127 Å². The summed E-state index contributed by atoms with van der Waals surface area (Å²) < 4.78 is 5.62. The molecule has 0 aliphatic rings. The Kier molecular flexibility index (Phi) is 6.85. The predicted octanol–water partition coefficient (Wildman–Crippen LogP) is 2.80. The van der Waals surface area contributed by atoms with E-state index in [-0.39, 0.29) is 17.9 Å². The summed E-state index contributed by atoms with van der Waals surface area (Å²) in [6.45, 7) is 8.72. The molecule has 2 N–H and O–H groups in total. The van der Waals surface area contributed by atoms with Gasteiger partial charge in [-0.05, 0) is 39.3 Å². The van der Waals surface area contributed by atoms with Crippen molar-refractivity contribution in [2.24, 2.45) is 0 Å². The molecular formula is C17H27NO3. The zero-order chi connectivity index (χ0) is 15.9. The number of aliphatic hydroxyl groups is 1. The number of ether oxygens (including phenoxy) is 1. The molecule has 1 rings (SSSR count). The van der Waals surface area contributed by atoms with Crippen molar-refractivity contribution in [3.8, 4) is 5.75 Å². The molecule has 1 aromatic carbocycles. The number of benzene rings is 1. The van der Waals surface area contributed by atoms with Crippen LogP contribution in [0.25, 0.3) is 0 Å². The Bertz CT molecular complexity index is 452. The third-order valence-corrected chi connectivity index (χ3v) is 2.96. The summed E-state index contributed by atoms with van der Waals surface area (Å²) >= 11 is 0. The van der Waals surface area contributed by atoms with Gasteiger partial charge in [0, 0.05) is 18.5 Å². The van der Waals surface area contributed by atoms with Gasteiger partial charge >= 0.3 is 0 Å². The molecule has 0 saturated carbocycles. The third kappa shape index (κ3) is 6.74. The molecule has 0 aromatic heterocycles. The summed E-state index contributed by atoms with van der Waals surface area (Å²) in [5.74, 6) is 0.626. The molecule has 0 spiro atoms. The third-order valence-electron chi connectivity index (χ3n) is 2.96. The van der Waals surface area contributed by atoms with Crippen molar-refractivity contribution >= 4 is 5.78 Å². The standard InChI is InChI=1S/C17H27NO3/c1-5-8-15(20)14-9-6-7-10-16(14)21-12-13(19)11-18-17(2,3)4/h6-7,9-10,13,18-19H,5,8,11-12H2,1-4H3/t13-/m0/s1. The van der Waals surface area contributed by atoms with Gasteiger partial charge in [0.25, 0.3) is 0 Å². The Hall–Kier alpha value is -1.39. The van der Waals surface area contributed by atoms with E-state index in [2.05, 4.69) is 5.32 Å². The molecule has 118 valence electrons. The molecule has 1 atom stereocenters. The van der Waals surface area contributed by atoms with E-state index >= 15 is 0 Å². The number of carbonyl (C=O) groups is 1. The topological polar surface area (TPSA) is 58.6 Å². The lowest BCUT2D eigenvalue weighted by atomic mass is 10.1. The van der Waals surface area contributed by atoms with Crippen LogP contribution < -0.4 is 10.1 Å². The number of para-hydroxylation sites is 1. The van der Waals surface area contributed by atoms with E-state index < -0.39 is 6.10 Å². The number of rotatable bonds is 8. The summed E-state index contributed by atoms with van der Waals surface area (Å²) in [7, 11) is 0. The summed E-state index contributed by atoms with van der Waals surface area (Å²) in [4.78, 5) is 12.0. The molecule has 0 saturated heterocycles. The van der Waals surface area contributed by atoms with Crippen LogP contribution in [0.1, 0.15) is 50.9 Å². The van der Waals surface area contributed by atoms with Crippen LogP contribution in [0.4, 0.5) is 0 Å². The second-order valence-electron chi connectivity index (χ2n) is 6.27. The number of Topliss-reactive ketones (excluding diaryl/α,β-unsaturated/α-hetero) is 1. The zero-order valence-electron chi connectivity index (χ0n) is 13.5. The van der Waals surface area contributed by atoms with Crippen LogP contribution in [0.2, 0.25) is 0 Å². The highest BCUT2D eigenvalue weighted by Crippen LogP contribution is 2.20. The van der Waals surface area contributed by atoms with Gasteiger partial charge in [0.1, 0.15) is 18.5 Å². The molecule has 0 bridgehead atoms. The van der Waals surface area contributed by atoms with E-state index in [1.54, 1.807) is 12.1 Å². The van der Waals surface area contributed by atoms with Crippen molar-refractivity contribution in [3.05, 3.63) is 29.8 Å². The fourth-order valence-corrected chi connectivity index (χ4v) is 1.85. The fraction of sp³-hybridized carbons (Fsp3) is 0.588. The molecule has 0 amide bonds. The van der Waals surface area contributed by atoms with E-state index in [0.717, 1.165) is 6.42 Å². The molecule has 0 fully saturated rings.